The number of nitrogens with zero attached hydrogens (tertiary/aromatic N) is 1. The Morgan fingerprint density at radius 3 is 2.34 bits per heavy atom. The van der Waals surface area contributed by atoms with Gasteiger partial charge in [-0.3, -0.25) is 0 Å². The zero-order chi connectivity index (χ0) is 29.7. The smallest absolute Gasteiger partial charge is 0.165 e. The molecule has 5 unspecified atom stereocenters. The molecule has 6 heteroatoms. The van der Waals surface area contributed by atoms with Crippen LogP contribution in [0.3, 0.4) is 0 Å². The predicted molar refractivity (Wildman–Crippen MR) is 164 cm³/mol. The van der Waals surface area contributed by atoms with Crippen molar-refractivity contribution in [3.8, 4) is 11.5 Å². The van der Waals surface area contributed by atoms with Crippen LogP contribution in [0.25, 0.3) is 0 Å². The summed E-state index contributed by atoms with van der Waals surface area (Å²) in [6.07, 6.45) is 4.71. The maximum atomic E-state index is 12.5. The van der Waals surface area contributed by atoms with Gasteiger partial charge in [-0.1, -0.05) is 57.2 Å². The van der Waals surface area contributed by atoms with E-state index < -0.39 is 0 Å². The first-order valence-corrected chi connectivity index (χ1v) is 15.5. The number of fused-ring (bicyclic) bond motifs is 1. The predicted octanol–water partition coefficient (Wildman–Crippen LogP) is 6.46. The van der Waals surface area contributed by atoms with Gasteiger partial charge in [0.1, 0.15) is 12.4 Å². The van der Waals surface area contributed by atoms with Crippen LogP contribution in [0.5, 0.6) is 11.5 Å². The summed E-state index contributed by atoms with van der Waals surface area (Å²) in [5.41, 5.74) is 3.50. The summed E-state index contributed by atoms with van der Waals surface area (Å²) in [6.45, 7) is 13.6. The first-order chi connectivity index (χ1) is 19.9. The van der Waals surface area contributed by atoms with Crippen molar-refractivity contribution < 1.29 is 23.7 Å². The first kappa shape index (κ1) is 31.5. The van der Waals surface area contributed by atoms with Crippen molar-refractivity contribution in [3.63, 3.8) is 0 Å². The number of carbonyl (C=O) groups excluding carboxylic acids is 1. The molecule has 226 valence electrons. The molecule has 0 radical (unpaired) electrons. The van der Waals surface area contributed by atoms with Gasteiger partial charge in [0.05, 0.1) is 19.8 Å². The highest BCUT2D eigenvalue weighted by molar-refractivity contribution is 5.63. The molecule has 6 nitrogen and oxygen atoms in total. The maximum absolute atomic E-state index is 12.5. The molecule has 2 aromatic carbocycles. The van der Waals surface area contributed by atoms with Crippen LogP contribution in [0.1, 0.15) is 63.6 Å². The molecule has 3 fully saturated rings. The van der Waals surface area contributed by atoms with Gasteiger partial charge >= 0.3 is 0 Å². The van der Waals surface area contributed by atoms with E-state index in [9.17, 15) is 4.79 Å². The number of piperidine rings is 1. The average Bonchev–Trinajstić information content (AvgIpc) is 3.75. The fourth-order valence-electron chi connectivity index (χ4n) is 7.90. The number of aryl methyl sites for hydroxylation is 1. The van der Waals surface area contributed by atoms with E-state index in [1.807, 2.05) is 50.2 Å². The van der Waals surface area contributed by atoms with E-state index in [2.05, 4.69) is 31.7 Å². The van der Waals surface area contributed by atoms with Crippen LogP contribution in [-0.4, -0.2) is 63.9 Å². The van der Waals surface area contributed by atoms with Gasteiger partial charge in [-0.2, -0.15) is 0 Å². The molecule has 6 rings (SSSR count). The van der Waals surface area contributed by atoms with Crippen LogP contribution in [0.4, 0.5) is 0 Å². The van der Waals surface area contributed by atoms with Crippen molar-refractivity contribution in [2.45, 2.75) is 84.2 Å². The fourth-order valence-corrected chi connectivity index (χ4v) is 7.90. The molecule has 0 aromatic heterocycles. The summed E-state index contributed by atoms with van der Waals surface area (Å²) in [7, 11) is 5.17. The van der Waals surface area contributed by atoms with Crippen molar-refractivity contribution >= 4 is 6.29 Å². The lowest BCUT2D eigenvalue weighted by atomic mass is 9.49. The number of hydrogen-bond acceptors (Lipinski definition) is 6. The molecule has 2 aliphatic carbocycles. The highest BCUT2D eigenvalue weighted by Crippen LogP contribution is 2.63. The van der Waals surface area contributed by atoms with Gasteiger partial charge in [0.25, 0.3) is 0 Å². The van der Waals surface area contributed by atoms with E-state index in [0.717, 1.165) is 36.9 Å². The van der Waals surface area contributed by atoms with Crippen LogP contribution in [0.2, 0.25) is 0 Å². The summed E-state index contributed by atoms with van der Waals surface area (Å²) < 4.78 is 23.4. The maximum Gasteiger partial charge on any atom is 0.165 e. The van der Waals surface area contributed by atoms with Crippen molar-refractivity contribution in [3.05, 3.63) is 59.2 Å². The second-order valence-corrected chi connectivity index (χ2v) is 12.0. The number of benzene rings is 2. The SMILES string of the molecule is CC.COCc1ccccc1.COc1ccc(C)c2c1O[C@H]1C(OC)[C@@H](C)C(C=O)C3C(C)N(CC4CC4)CCC231. The summed E-state index contributed by atoms with van der Waals surface area (Å²) in [5, 5.41) is 0. The van der Waals surface area contributed by atoms with Crippen molar-refractivity contribution in [1.82, 2.24) is 4.90 Å². The lowest BCUT2D eigenvalue weighted by molar-refractivity contribution is -0.163. The van der Waals surface area contributed by atoms with E-state index in [1.54, 1.807) is 21.3 Å². The van der Waals surface area contributed by atoms with E-state index in [4.69, 9.17) is 18.9 Å². The van der Waals surface area contributed by atoms with E-state index >= 15 is 0 Å². The molecule has 0 amide bonds. The molecule has 2 aromatic rings. The monoisotopic (exact) mass is 565 g/mol. The number of rotatable bonds is 7. The van der Waals surface area contributed by atoms with Crippen molar-refractivity contribution in [1.29, 1.82) is 0 Å². The third-order valence-electron chi connectivity index (χ3n) is 9.88. The molecule has 1 spiro atoms. The zero-order valence-corrected chi connectivity index (χ0v) is 26.4. The number of aldehydes is 1. The van der Waals surface area contributed by atoms with E-state index in [1.165, 1.54) is 35.8 Å². The Hall–Kier alpha value is -2.41. The van der Waals surface area contributed by atoms with E-state index in [0.29, 0.717) is 12.6 Å². The first-order valence-electron chi connectivity index (χ1n) is 15.5. The normalized spacial score (nSPS) is 31.6. The Balaban J connectivity index is 0.000000299. The van der Waals surface area contributed by atoms with Gasteiger partial charge < -0.3 is 28.6 Å². The van der Waals surface area contributed by atoms with Crippen LogP contribution < -0.4 is 9.47 Å². The molecule has 41 heavy (non-hydrogen) atoms. The minimum Gasteiger partial charge on any atom is -0.493 e. The summed E-state index contributed by atoms with van der Waals surface area (Å²) >= 11 is 0. The highest BCUT2D eigenvalue weighted by atomic mass is 16.6. The molecule has 2 aliphatic heterocycles. The number of likely N-dealkylation sites (tertiary alicyclic amines) is 1. The molecular weight excluding hydrogens is 514 g/mol. The quantitative estimate of drug-likeness (QED) is 0.359. The molecular formula is C35H51NO5. The van der Waals surface area contributed by atoms with Crippen molar-refractivity contribution in [2.75, 3.05) is 34.4 Å². The third kappa shape index (κ3) is 5.80. The standard InChI is InChI=1S/C25H35NO4.C8H10O.C2H6/c1-14-6-9-19(28-4)23-20(14)25-10-11-26(12-17-7-8-17)16(3)21(25)18(13-27)15(2)22(29-5)24(25)30-23;1-9-7-8-5-3-2-4-6-8;1-2/h6,9,13,15-18,21-22,24H,7-8,10-12H2,1-5H3;2-6H,7H2,1H3;1-2H3/t15-,16?,18?,21?,22?,24-,25?;;/m0../s1. The van der Waals surface area contributed by atoms with Gasteiger partial charge in [0, 0.05) is 43.7 Å². The second-order valence-electron chi connectivity index (χ2n) is 12.0. The average molecular weight is 566 g/mol. The number of hydrogen-bond donors (Lipinski definition) is 0. The molecule has 7 atom stereocenters. The third-order valence-corrected chi connectivity index (χ3v) is 9.88. The van der Waals surface area contributed by atoms with Gasteiger partial charge in [-0.05, 0) is 74.6 Å². The number of methoxy groups -OCH3 is 3. The Kier molecular flexibility index (Phi) is 10.5. The van der Waals surface area contributed by atoms with Crippen LogP contribution in [0.15, 0.2) is 42.5 Å². The van der Waals surface area contributed by atoms with E-state index in [-0.39, 0.29) is 35.4 Å². The molecule has 0 N–H and O–H groups in total. The Morgan fingerprint density at radius 2 is 1.76 bits per heavy atom. The van der Waals surface area contributed by atoms with Crippen molar-refractivity contribution in [2.24, 2.45) is 23.7 Å². The Labute approximate surface area is 247 Å². The molecule has 2 heterocycles. The summed E-state index contributed by atoms with van der Waals surface area (Å²) in [4.78, 5) is 15.2. The van der Waals surface area contributed by atoms with Crippen LogP contribution >= 0.6 is 0 Å². The van der Waals surface area contributed by atoms with Crippen LogP contribution in [0, 0.1) is 30.6 Å². The highest BCUT2D eigenvalue weighted by Gasteiger charge is 2.67. The zero-order valence-electron chi connectivity index (χ0n) is 26.4. The lowest BCUT2D eigenvalue weighted by Crippen LogP contribution is -2.69. The summed E-state index contributed by atoms with van der Waals surface area (Å²) in [5.74, 6) is 2.77. The Morgan fingerprint density at radius 1 is 1.05 bits per heavy atom. The number of ether oxygens (including phenoxy) is 4. The Bertz CT molecular complexity index is 1130. The molecule has 1 saturated heterocycles. The fraction of sp³-hybridized carbons (Fsp3) is 0.629. The molecule has 4 aliphatic rings. The minimum absolute atomic E-state index is 0.0524. The summed E-state index contributed by atoms with van der Waals surface area (Å²) in [6, 6.07) is 14.6. The minimum atomic E-state index is -0.216. The topological polar surface area (TPSA) is 57.2 Å². The van der Waals surface area contributed by atoms with Gasteiger partial charge in [-0.15, -0.1) is 0 Å². The molecule has 2 saturated carbocycles. The van der Waals surface area contributed by atoms with Crippen LogP contribution in [-0.2, 0) is 26.3 Å². The molecule has 0 bridgehead atoms. The van der Waals surface area contributed by atoms with Gasteiger partial charge in [0.15, 0.2) is 11.5 Å². The van der Waals surface area contributed by atoms with Gasteiger partial charge in [-0.25, -0.2) is 0 Å². The van der Waals surface area contributed by atoms with Gasteiger partial charge in [0.2, 0.25) is 0 Å². The lowest BCUT2D eigenvalue weighted by Gasteiger charge is -2.59. The largest absolute Gasteiger partial charge is 0.493 e. The second kappa shape index (κ2) is 13.7. The number of carbonyl (C=O) groups is 1.